The molecule has 4 unspecified atom stereocenters. The van der Waals surface area contributed by atoms with Crippen molar-refractivity contribution >= 4 is 45.0 Å². The van der Waals surface area contributed by atoms with Crippen LogP contribution in [0.2, 0.25) is 5.02 Å². The van der Waals surface area contributed by atoms with Crippen molar-refractivity contribution in [3.05, 3.63) is 111 Å². The van der Waals surface area contributed by atoms with Gasteiger partial charge in [-0.25, -0.2) is 9.78 Å². The van der Waals surface area contributed by atoms with Gasteiger partial charge in [0.15, 0.2) is 0 Å². The van der Waals surface area contributed by atoms with E-state index >= 15 is 0 Å². The van der Waals surface area contributed by atoms with E-state index in [1.807, 2.05) is 93.7 Å². The zero-order valence-electron chi connectivity index (χ0n) is 29.0. The van der Waals surface area contributed by atoms with Crippen LogP contribution in [0.25, 0.3) is 0 Å². The molecule has 260 valence electrons. The quantitative estimate of drug-likeness (QED) is 0.0713. The fraction of sp³-hybridized carbons (Fsp3) is 0.378. The predicted molar refractivity (Wildman–Crippen MR) is 203 cm³/mol. The van der Waals surface area contributed by atoms with Gasteiger partial charge in [-0.2, -0.15) is 0 Å². The number of nitrogens with one attached hydrogen (secondary N) is 1. The SMILES string of the molecule is CCc1ccc(CO)cc1.CNc1ccccc1N.COOC(C)CC1N=C(c2ccc(Cl)cc2)c2c(sc(C)c2C)N(C(C)N)C1N. The standard InChI is InChI=1S/C21H29ClN4O2S.C9H12O.C7H10N2/c1-11(28-27-5)10-17-20(24)26(14(4)23)21-18(12(2)13(3)29-21)19(25-17)15-6-8-16(22)9-7-15;1-2-8-3-5-9(7-10)6-4-8;1-9-7-5-3-2-4-6(7)8/h6-9,11,14,17,20H,10,23-24H2,1-5H3;3-6,10H,2,7H2,1H3;2-5,9H,8H2,1H3. The van der Waals surface area contributed by atoms with Crippen molar-refractivity contribution < 1.29 is 14.9 Å². The number of thiophene rings is 1. The third kappa shape index (κ3) is 10.3. The van der Waals surface area contributed by atoms with E-state index in [1.54, 1.807) is 11.3 Å². The summed E-state index contributed by atoms with van der Waals surface area (Å²) in [6, 6.07) is 23.2. The number of anilines is 3. The van der Waals surface area contributed by atoms with Gasteiger partial charge in [-0.15, -0.1) is 11.3 Å². The van der Waals surface area contributed by atoms with Crippen LogP contribution in [0.1, 0.15) is 59.9 Å². The molecule has 0 aliphatic carbocycles. The van der Waals surface area contributed by atoms with E-state index in [4.69, 9.17) is 48.7 Å². The molecule has 1 aliphatic rings. The number of halogens is 1. The molecule has 48 heavy (non-hydrogen) atoms. The first-order valence-corrected chi connectivity index (χ1v) is 17.3. The summed E-state index contributed by atoms with van der Waals surface area (Å²) in [5.74, 6) is 0. The average Bonchev–Trinajstić information content (AvgIpc) is 3.29. The minimum Gasteiger partial charge on any atom is -0.397 e. The fourth-order valence-electron chi connectivity index (χ4n) is 5.32. The normalized spacial score (nSPS) is 16.6. The minimum absolute atomic E-state index is 0.143. The Hall–Kier alpha value is -3.48. The molecule has 4 atom stereocenters. The summed E-state index contributed by atoms with van der Waals surface area (Å²) in [6.07, 6.45) is 0.842. The van der Waals surface area contributed by atoms with E-state index in [-0.39, 0.29) is 31.1 Å². The van der Waals surface area contributed by atoms with Crippen LogP contribution < -0.4 is 27.4 Å². The third-order valence-electron chi connectivity index (χ3n) is 8.08. The van der Waals surface area contributed by atoms with E-state index < -0.39 is 0 Å². The molecule has 2 heterocycles. The lowest BCUT2D eigenvalue weighted by Gasteiger charge is -2.36. The molecular formula is C37H51ClN6O3S. The maximum atomic E-state index is 8.70. The molecule has 9 nitrogen and oxygen atoms in total. The van der Waals surface area contributed by atoms with Crippen molar-refractivity contribution in [1.82, 2.24) is 0 Å². The van der Waals surface area contributed by atoms with E-state index in [0.717, 1.165) is 45.2 Å². The highest BCUT2D eigenvalue weighted by Crippen LogP contribution is 2.41. The topological polar surface area (TPSA) is 144 Å². The van der Waals surface area contributed by atoms with Crippen LogP contribution in [0.3, 0.4) is 0 Å². The van der Waals surface area contributed by atoms with Crippen LogP contribution in [0, 0.1) is 13.8 Å². The lowest BCUT2D eigenvalue weighted by atomic mass is 9.99. The molecule has 3 aromatic carbocycles. The van der Waals surface area contributed by atoms with Crippen molar-refractivity contribution in [1.29, 1.82) is 0 Å². The molecule has 8 N–H and O–H groups in total. The van der Waals surface area contributed by atoms with Crippen molar-refractivity contribution in [3.63, 3.8) is 0 Å². The Kier molecular flexibility index (Phi) is 15.3. The van der Waals surface area contributed by atoms with Crippen LogP contribution in [0.15, 0.2) is 77.8 Å². The van der Waals surface area contributed by atoms with Gasteiger partial charge in [0.1, 0.15) is 11.2 Å². The van der Waals surface area contributed by atoms with Gasteiger partial charge in [0.25, 0.3) is 0 Å². The van der Waals surface area contributed by atoms with E-state index in [1.165, 1.54) is 23.1 Å². The van der Waals surface area contributed by atoms with Crippen LogP contribution in [0.4, 0.5) is 16.4 Å². The van der Waals surface area contributed by atoms with E-state index in [0.29, 0.717) is 11.4 Å². The Bertz CT molecular complexity index is 1570. The maximum Gasteiger partial charge on any atom is 0.103 e. The number of aliphatic hydroxyl groups is 1. The van der Waals surface area contributed by atoms with E-state index in [2.05, 4.69) is 31.0 Å². The lowest BCUT2D eigenvalue weighted by molar-refractivity contribution is -0.302. The van der Waals surface area contributed by atoms with Gasteiger partial charge in [0.2, 0.25) is 0 Å². The molecule has 0 spiro atoms. The van der Waals surface area contributed by atoms with Gasteiger partial charge in [0.05, 0.1) is 49.1 Å². The second-order valence-corrected chi connectivity index (χ2v) is 13.3. The monoisotopic (exact) mass is 694 g/mol. The highest BCUT2D eigenvalue weighted by Gasteiger charge is 2.36. The summed E-state index contributed by atoms with van der Waals surface area (Å²) in [5, 5.41) is 13.4. The molecule has 1 aromatic heterocycles. The van der Waals surface area contributed by atoms with Crippen LogP contribution >= 0.6 is 22.9 Å². The van der Waals surface area contributed by atoms with E-state index in [9.17, 15) is 0 Å². The fourth-order valence-corrected chi connectivity index (χ4v) is 6.74. The predicted octanol–water partition coefficient (Wildman–Crippen LogP) is 7.04. The largest absolute Gasteiger partial charge is 0.397 e. The summed E-state index contributed by atoms with van der Waals surface area (Å²) in [7, 11) is 3.36. The highest BCUT2D eigenvalue weighted by molar-refractivity contribution is 7.16. The molecule has 0 bridgehead atoms. The number of nitrogens with two attached hydrogens (primary N) is 3. The van der Waals surface area contributed by atoms with Gasteiger partial charge in [-0.1, -0.05) is 67.1 Å². The number of fused-ring (bicyclic) bond motifs is 1. The summed E-state index contributed by atoms with van der Waals surface area (Å²) >= 11 is 7.83. The number of nitrogens with zero attached hydrogens (tertiary/aromatic N) is 2. The number of nitrogen functional groups attached to an aromatic ring is 1. The van der Waals surface area contributed by atoms with Crippen LogP contribution in [-0.4, -0.2) is 49.5 Å². The Labute approximate surface area is 294 Å². The molecule has 0 amide bonds. The maximum absolute atomic E-state index is 8.70. The molecule has 1 aliphatic heterocycles. The second-order valence-electron chi connectivity index (χ2n) is 11.6. The molecule has 0 saturated carbocycles. The van der Waals surface area contributed by atoms with Gasteiger partial charge in [-0.3, -0.25) is 4.99 Å². The third-order valence-corrected chi connectivity index (χ3v) is 9.56. The minimum atomic E-state index is -0.390. The molecule has 0 radical (unpaired) electrons. The number of hydrogen-bond acceptors (Lipinski definition) is 10. The highest BCUT2D eigenvalue weighted by atomic mass is 35.5. The first-order valence-electron chi connectivity index (χ1n) is 16.1. The molecule has 5 rings (SSSR count). The number of aliphatic hydroxyl groups excluding tert-OH is 1. The molecular weight excluding hydrogens is 644 g/mol. The Morgan fingerprint density at radius 2 is 1.65 bits per heavy atom. The Morgan fingerprint density at radius 1 is 1.02 bits per heavy atom. The second kappa shape index (κ2) is 18.9. The summed E-state index contributed by atoms with van der Waals surface area (Å²) in [5.41, 5.74) is 27.0. The van der Waals surface area contributed by atoms with Gasteiger partial charge < -0.3 is 32.5 Å². The number of benzene rings is 3. The zero-order chi connectivity index (χ0) is 35.4. The van der Waals surface area contributed by atoms with Gasteiger partial charge in [-0.05, 0) is 75.1 Å². The average molecular weight is 695 g/mol. The van der Waals surface area contributed by atoms with Gasteiger partial charge >= 0.3 is 0 Å². The number of aryl methyl sites for hydroxylation is 2. The zero-order valence-corrected chi connectivity index (χ0v) is 30.6. The lowest BCUT2D eigenvalue weighted by Crippen LogP contribution is -2.56. The van der Waals surface area contributed by atoms with Crippen LogP contribution in [0.5, 0.6) is 0 Å². The smallest absolute Gasteiger partial charge is 0.103 e. The number of aliphatic imine (C=N–C) groups is 1. The Balaban J connectivity index is 0.000000266. The number of rotatable bonds is 9. The molecule has 0 fully saturated rings. The molecule has 0 saturated heterocycles. The van der Waals surface area contributed by atoms with Crippen molar-refractivity contribution in [2.24, 2.45) is 16.5 Å². The summed E-state index contributed by atoms with van der Waals surface area (Å²) in [6.45, 7) is 10.4. The first-order chi connectivity index (χ1) is 22.9. The molecule has 11 heteroatoms. The summed E-state index contributed by atoms with van der Waals surface area (Å²) in [4.78, 5) is 18.6. The Morgan fingerprint density at radius 3 is 2.17 bits per heavy atom. The first kappa shape index (κ1) is 39.0. The van der Waals surface area contributed by atoms with Crippen molar-refractivity contribution in [3.8, 4) is 0 Å². The van der Waals surface area contributed by atoms with Crippen molar-refractivity contribution in [2.75, 3.05) is 30.1 Å². The number of hydrogen-bond donors (Lipinski definition) is 5. The van der Waals surface area contributed by atoms with Crippen molar-refractivity contribution in [2.45, 2.75) is 78.5 Å². The number of para-hydroxylation sites is 2. The van der Waals surface area contributed by atoms with Crippen LogP contribution in [-0.2, 0) is 22.8 Å². The molecule has 4 aromatic rings. The van der Waals surface area contributed by atoms with Gasteiger partial charge in [0, 0.05) is 34.5 Å². The summed E-state index contributed by atoms with van der Waals surface area (Å²) < 4.78 is 0.